The van der Waals surface area contributed by atoms with E-state index in [2.05, 4.69) is 28.9 Å². The number of halogens is 3. The second kappa shape index (κ2) is 6.17. The molecule has 1 aromatic heterocycles. The Hall–Kier alpha value is -1.37. The lowest BCUT2D eigenvalue weighted by Gasteiger charge is -2.38. The third-order valence-corrected chi connectivity index (χ3v) is 4.08. The van der Waals surface area contributed by atoms with Gasteiger partial charge in [-0.1, -0.05) is 0 Å². The first-order valence-corrected chi connectivity index (χ1v) is 7.17. The van der Waals surface area contributed by atoms with Gasteiger partial charge in [-0.3, -0.25) is 0 Å². The molecule has 0 saturated carbocycles. The fourth-order valence-electron chi connectivity index (χ4n) is 2.64. The minimum atomic E-state index is -4.44. The van der Waals surface area contributed by atoms with Crippen LogP contribution in [-0.2, 0) is 6.18 Å². The number of piperidine rings is 1. The van der Waals surface area contributed by atoms with Gasteiger partial charge in [0.15, 0.2) is 11.5 Å². The Labute approximate surface area is 122 Å². The van der Waals surface area contributed by atoms with E-state index < -0.39 is 11.9 Å². The third kappa shape index (κ3) is 3.84. The van der Waals surface area contributed by atoms with Crippen molar-refractivity contribution in [1.29, 1.82) is 0 Å². The van der Waals surface area contributed by atoms with Gasteiger partial charge >= 0.3 is 6.18 Å². The first-order chi connectivity index (χ1) is 9.79. The zero-order valence-corrected chi connectivity index (χ0v) is 12.6. The van der Waals surface area contributed by atoms with Gasteiger partial charge in [-0.05, 0) is 38.8 Å². The van der Waals surface area contributed by atoms with Gasteiger partial charge in [0.2, 0.25) is 0 Å². The molecule has 118 valence electrons. The van der Waals surface area contributed by atoms with Gasteiger partial charge < -0.3 is 9.80 Å². The predicted molar refractivity (Wildman–Crippen MR) is 75.2 cm³/mol. The highest BCUT2D eigenvalue weighted by Gasteiger charge is 2.33. The minimum absolute atomic E-state index is 0.297. The van der Waals surface area contributed by atoms with Crippen molar-refractivity contribution in [2.75, 3.05) is 25.0 Å². The molecule has 0 aliphatic carbocycles. The normalized spacial score (nSPS) is 18.2. The van der Waals surface area contributed by atoms with Crippen LogP contribution < -0.4 is 4.90 Å². The predicted octanol–water partition coefficient (Wildman–Crippen LogP) is 2.80. The van der Waals surface area contributed by atoms with Crippen molar-refractivity contribution in [1.82, 2.24) is 15.1 Å². The Kier molecular flexibility index (Phi) is 4.70. The Morgan fingerprint density at radius 1 is 1.19 bits per heavy atom. The summed E-state index contributed by atoms with van der Waals surface area (Å²) in [5.74, 6) is 0.492. The van der Waals surface area contributed by atoms with Crippen molar-refractivity contribution in [3.05, 3.63) is 17.8 Å². The zero-order valence-electron chi connectivity index (χ0n) is 12.6. The van der Waals surface area contributed by atoms with E-state index in [0.29, 0.717) is 17.9 Å². The first-order valence-electron chi connectivity index (χ1n) is 7.17. The number of alkyl halides is 3. The van der Waals surface area contributed by atoms with Crippen LogP contribution in [0.5, 0.6) is 0 Å². The number of hydrogen-bond donors (Lipinski definition) is 0. The van der Waals surface area contributed by atoms with Crippen LogP contribution in [-0.4, -0.2) is 47.3 Å². The van der Waals surface area contributed by atoms with Crippen LogP contribution in [0.2, 0.25) is 0 Å². The minimum Gasteiger partial charge on any atom is -0.355 e. The second-order valence-corrected chi connectivity index (χ2v) is 5.75. The molecule has 7 heteroatoms. The summed E-state index contributed by atoms with van der Waals surface area (Å²) in [6, 6.07) is 3.21. The Bertz CT molecular complexity index is 450. The van der Waals surface area contributed by atoms with E-state index in [4.69, 9.17) is 0 Å². The van der Waals surface area contributed by atoms with Crippen LogP contribution >= 0.6 is 0 Å². The van der Waals surface area contributed by atoms with E-state index in [9.17, 15) is 13.2 Å². The van der Waals surface area contributed by atoms with Gasteiger partial charge in [0, 0.05) is 32.2 Å². The summed E-state index contributed by atoms with van der Waals surface area (Å²) in [7, 11) is 1.87. The number of anilines is 1. The number of rotatable bonds is 3. The fourth-order valence-corrected chi connectivity index (χ4v) is 2.64. The van der Waals surface area contributed by atoms with E-state index in [-0.39, 0.29) is 0 Å². The topological polar surface area (TPSA) is 32.3 Å². The Morgan fingerprint density at radius 3 is 2.24 bits per heavy atom. The van der Waals surface area contributed by atoms with Gasteiger partial charge in [-0.2, -0.15) is 13.2 Å². The number of aromatic nitrogens is 2. The van der Waals surface area contributed by atoms with Crippen molar-refractivity contribution in [2.24, 2.45) is 0 Å². The highest BCUT2D eigenvalue weighted by atomic mass is 19.4. The molecule has 0 N–H and O–H groups in total. The molecule has 1 aliphatic heterocycles. The summed E-state index contributed by atoms with van der Waals surface area (Å²) in [5, 5.41) is 7.00. The molecule has 0 unspecified atom stereocenters. The number of hydrogen-bond acceptors (Lipinski definition) is 4. The van der Waals surface area contributed by atoms with Gasteiger partial charge in [0.1, 0.15) is 0 Å². The molecular weight excluding hydrogens is 281 g/mol. The average molecular weight is 302 g/mol. The van der Waals surface area contributed by atoms with Gasteiger partial charge in [0.05, 0.1) is 0 Å². The van der Waals surface area contributed by atoms with Crippen LogP contribution in [0.3, 0.4) is 0 Å². The maximum atomic E-state index is 12.5. The smallest absolute Gasteiger partial charge is 0.355 e. The number of nitrogens with zero attached hydrogens (tertiary/aromatic N) is 4. The summed E-state index contributed by atoms with van der Waals surface area (Å²) in [5.41, 5.74) is -0.950. The lowest BCUT2D eigenvalue weighted by Crippen LogP contribution is -2.46. The van der Waals surface area contributed by atoms with Crippen molar-refractivity contribution in [2.45, 2.75) is 44.9 Å². The van der Waals surface area contributed by atoms with Crippen LogP contribution in [0.4, 0.5) is 19.0 Å². The van der Waals surface area contributed by atoms with E-state index in [1.165, 1.54) is 6.07 Å². The first kappa shape index (κ1) is 16.0. The van der Waals surface area contributed by atoms with Crippen LogP contribution in [0.15, 0.2) is 12.1 Å². The van der Waals surface area contributed by atoms with E-state index in [1.54, 1.807) is 0 Å². The molecule has 0 atom stereocenters. The molecule has 1 fully saturated rings. The molecule has 0 radical (unpaired) electrons. The molecule has 0 amide bonds. The molecular formula is C14H21F3N4. The largest absolute Gasteiger partial charge is 0.435 e. The van der Waals surface area contributed by atoms with Crippen molar-refractivity contribution >= 4 is 5.82 Å². The van der Waals surface area contributed by atoms with Gasteiger partial charge in [-0.25, -0.2) is 0 Å². The van der Waals surface area contributed by atoms with Crippen molar-refractivity contribution < 1.29 is 13.2 Å². The summed E-state index contributed by atoms with van der Waals surface area (Å²) in [4.78, 5) is 4.34. The maximum Gasteiger partial charge on any atom is 0.435 e. The molecule has 1 aliphatic rings. The SMILES string of the molecule is CC(C)N1CCC(N(C)c2ccc(C(F)(F)F)nn2)CC1. The highest BCUT2D eigenvalue weighted by molar-refractivity contribution is 5.38. The van der Waals surface area contributed by atoms with Gasteiger partial charge in [-0.15, -0.1) is 10.2 Å². The Balaban J connectivity index is 1.99. The molecule has 21 heavy (non-hydrogen) atoms. The van der Waals surface area contributed by atoms with Crippen molar-refractivity contribution in [3.63, 3.8) is 0 Å². The molecule has 1 saturated heterocycles. The molecule has 0 spiro atoms. The molecule has 4 nitrogen and oxygen atoms in total. The quantitative estimate of drug-likeness (QED) is 0.859. The molecule has 0 aromatic carbocycles. The summed E-state index contributed by atoms with van der Waals surface area (Å²) < 4.78 is 37.4. The standard InChI is InChI=1S/C14H21F3N4/c1-10(2)21-8-6-11(7-9-21)20(3)13-5-4-12(18-19-13)14(15,16)17/h4-5,10-11H,6-9H2,1-3H3. The monoisotopic (exact) mass is 302 g/mol. The highest BCUT2D eigenvalue weighted by Crippen LogP contribution is 2.28. The second-order valence-electron chi connectivity index (χ2n) is 5.75. The van der Waals surface area contributed by atoms with Crippen LogP contribution in [0.25, 0.3) is 0 Å². The Morgan fingerprint density at radius 2 is 1.81 bits per heavy atom. The summed E-state index contributed by atoms with van der Waals surface area (Å²) in [6.07, 6.45) is -2.47. The zero-order chi connectivity index (χ0) is 15.6. The van der Waals surface area contributed by atoms with Crippen LogP contribution in [0, 0.1) is 0 Å². The molecule has 2 rings (SSSR count). The van der Waals surface area contributed by atoms with Gasteiger partial charge in [0.25, 0.3) is 0 Å². The molecule has 0 bridgehead atoms. The van der Waals surface area contributed by atoms with E-state index in [1.807, 2.05) is 11.9 Å². The van der Waals surface area contributed by atoms with E-state index in [0.717, 1.165) is 32.0 Å². The lowest BCUT2D eigenvalue weighted by molar-refractivity contribution is -0.141. The third-order valence-electron chi connectivity index (χ3n) is 4.08. The van der Waals surface area contributed by atoms with Crippen molar-refractivity contribution in [3.8, 4) is 0 Å². The van der Waals surface area contributed by atoms with Crippen LogP contribution in [0.1, 0.15) is 32.4 Å². The molecule has 1 aromatic rings. The fraction of sp³-hybridized carbons (Fsp3) is 0.714. The molecule has 2 heterocycles. The lowest BCUT2D eigenvalue weighted by atomic mass is 10.0. The maximum absolute atomic E-state index is 12.5. The summed E-state index contributed by atoms with van der Waals surface area (Å²) in [6.45, 7) is 6.35. The summed E-state index contributed by atoms with van der Waals surface area (Å²) >= 11 is 0. The number of likely N-dealkylation sites (tertiary alicyclic amines) is 1. The van der Waals surface area contributed by atoms with E-state index >= 15 is 0 Å². The average Bonchev–Trinajstić information content (AvgIpc) is 2.46.